The summed E-state index contributed by atoms with van der Waals surface area (Å²) in [5, 5.41) is 0.551. The molecule has 2 aromatic carbocycles. The molecule has 0 atom stereocenters. The molecule has 2 aromatic rings. The second-order valence-corrected chi connectivity index (χ2v) is 3.72. The summed E-state index contributed by atoms with van der Waals surface area (Å²) in [6.45, 7) is 0. The lowest BCUT2D eigenvalue weighted by Crippen LogP contribution is -1.93. The molecule has 0 spiro atoms. The van der Waals surface area contributed by atoms with Gasteiger partial charge in [-0.1, -0.05) is 41.9 Å². The number of nitrogen functional groups attached to an aromatic ring is 2. The van der Waals surface area contributed by atoms with Crippen LogP contribution in [0.25, 0.3) is 11.1 Å². The van der Waals surface area contributed by atoms with Crippen LogP contribution in [0.2, 0.25) is 5.02 Å². The number of halogens is 1. The zero-order valence-corrected chi connectivity index (χ0v) is 8.83. The Morgan fingerprint density at radius 2 is 1.60 bits per heavy atom. The van der Waals surface area contributed by atoms with E-state index in [0.29, 0.717) is 16.4 Å². The number of hydrogen-bond donors (Lipinski definition) is 2. The first-order valence-electron chi connectivity index (χ1n) is 4.58. The lowest BCUT2D eigenvalue weighted by atomic mass is 10.0. The summed E-state index contributed by atoms with van der Waals surface area (Å²) in [6, 6.07) is 13.3. The Labute approximate surface area is 93.5 Å². The van der Waals surface area contributed by atoms with E-state index >= 15 is 0 Å². The molecule has 0 bridgehead atoms. The van der Waals surface area contributed by atoms with Crippen LogP contribution in [-0.2, 0) is 0 Å². The molecule has 0 saturated heterocycles. The second kappa shape index (κ2) is 3.83. The molecule has 2 rings (SSSR count). The van der Waals surface area contributed by atoms with Crippen LogP contribution < -0.4 is 11.5 Å². The Balaban J connectivity index is 2.63. The molecule has 4 N–H and O–H groups in total. The van der Waals surface area contributed by atoms with E-state index in [4.69, 9.17) is 23.1 Å². The summed E-state index contributed by atoms with van der Waals surface area (Å²) < 4.78 is 0. The van der Waals surface area contributed by atoms with E-state index in [2.05, 4.69) is 0 Å². The van der Waals surface area contributed by atoms with Gasteiger partial charge in [-0.2, -0.15) is 0 Å². The topological polar surface area (TPSA) is 52.0 Å². The zero-order valence-electron chi connectivity index (χ0n) is 8.07. The second-order valence-electron chi connectivity index (χ2n) is 3.34. The van der Waals surface area contributed by atoms with E-state index in [1.807, 2.05) is 36.4 Å². The normalized spacial score (nSPS) is 10.2. The van der Waals surface area contributed by atoms with Gasteiger partial charge < -0.3 is 11.5 Å². The standard InChI is InChI=1S/C12H11ClN2/c13-12-10(6-9(14)7-11(12)15)8-4-2-1-3-5-8/h1-7H,14-15H2. The molecule has 0 fully saturated rings. The van der Waals surface area contributed by atoms with Crippen LogP contribution in [0.3, 0.4) is 0 Å². The summed E-state index contributed by atoms with van der Waals surface area (Å²) in [6.07, 6.45) is 0. The maximum absolute atomic E-state index is 6.12. The van der Waals surface area contributed by atoms with Crippen LogP contribution in [0.1, 0.15) is 0 Å². The van der Waals surface area contributed by atoms with Crippen LogP contribution in [-0.4, -0.2) is 0 Å². The molecule has 0 aromatic heterocycles. The first-order chi connectivity index (χ1) is 7.18. The van der Waals surface area contributed by atoms with Gasteiger partial charge in [0.2, 0.25) is 0 Å². The van der Waals surface area contributed by atoms with E-state index < -0.39 is 0 Å². The molecular weight excluding hydrogens is 208 g/mol. The fraction of sp³-hybridized carbons (Fsp3) is 0. The summed E-state index contributed by atoms with van der Waals surface area (Å²) in [7, 11) is 0. The van der Waals surface area contributed by atoms with Crippen LogP contribution in [0.5, 0.6) is 0 Å². The lowest BCUT2D eigenvalue weighted by molar-refractivity contribution is 1.60. The third-order valence-electron chi connectivity index (χ3n) is 2.21. The fourth-order valence-corrected chi connectivity index (χ4v) is 1.72. The third kappa shape index (κ3) is 1.90. The molecule has 76 valence electrons. The van der Waals surface area contributed by atoms with Crippen molar-refractivity contribution < 1.29 is 0 Å². The average Bonchev–Trinajstić information content (AvgIpc) is 2.24. The molecule has 0 aliphatic rings. The summed E-state index contributed by atoms with van der Waals surface area (Å²) in [5.41, 5.74) is 14.5. The molecule has 3 heteroatoms. The van der Waals surface area contributed by atoms with Crippen molar-refractivity contribution in [2.45, 2.75) is 0 Å². The molecule has 0 aliphatic carbocycles. The highest BCUT2D eigenvalue weighted by Crippen LogP contribution is 2.34. The molecule has 0 radical (unpaired) electrons. The SMILES string of the molecule is Nc1cc(N)c(Cl)c(-c2ccccc2)c1. The quantitative estimate of drug-likeness (QED) is 0.723. The highest BCUT2D eigenvalue weighted by molar-refractivity contribution is 6.36. The van der Waals surface area contributed by atoms with Crippen molar-refractivity contribution in [1.82, 2.24) is 0 Å². The predicted octanol–water partition coefficient (Wildman–Crippen LogP) is 3.17. The molecular formula is C12H11ClN2. The van der Waals surface area contributed by atoms with Gasteiger partial charge in [0, 0.05) is 11.3 Å². The van der Waals surface area contributed by atoms with E-state index in [9.17, 15) is 0 Å². The van der Waals surface area contributed by atoms with Crippen molar-refractivity contribution in [2.75, 3.05) is 11.5 Å². The van der Waals surface area contributed by atoms with E-state index in [0.717, 1.165) is 11.1 Å². The summed E-state index contributed by atoms with van der Waals surface area (Å²) in [5.74, 6) is 0. The zero-order chi connectivity index (χ0) is 10.8. The van der Waals surface area contributed by atoms with Crippen LogP contribution in [0.15, 0.2) is 42.5 Å². The number of nitrogens with two attached hydrogens (primary N) is 2. The third-order valence-corrected chi connectivity index (χ3v) is 2.63. The van der Waals surface area contributed by atoms with E-state index in [1.54, 1.807) is 6.07 Å². The minimum atomic E-state index is 0.510. The summed E-state index contributed by atoms with van der Waals surface area (Å²) >= 11 is 6.12. The molecule has 0 aliphatic heterocycles. The minimum absolute atomic E-state index is 0.510. The number of benzene rings is 2. The fourth-order valence-electron chi connectivity index (χ4n) is 1.50. The van der Waals surface area contributed by atoms with Gasteiger partial charge in [0.1, 0.15) is 0 Å². The van der Waals surface area contributed by atoms with Gasteiger partial charge in [-0.25, -0.2) is 0 Å². The average molecular weight is 219 g/mol. The number of hydrogen-bond acceptors (Lipinski definition) is 2. The summed E-state index contributed by atoms with van der Waals surface area (Å²) in [4.78, 5) is 0. The van der Waals surface area contributed by atoms with Crippen molar-refractivity contribution in [3.05, 3.63) is 47.5 Å². The monoisotopic (exact) mass is 218 g/mol. The molecule has 0 saturated carbocycles. The van der Waals surface area contributed by atoms with Gasteiger partial charge in [0.05, 0.1) is 10.7 Å². The van der Waals surface area contributed by atoms with Gasteiger partial charge in [-0.15, -0.1) is 0 Å². The Morgan fingerprint density at radius 3 is 2.27 bits per heavy atom. The number of anilines is 2. The van der Waals surface area contributed by atoms with Crippen molar-refractivity contribution >= 4 is 23.0 Å². The highest BCUT2D eigenvalue weighted by atomic mass is 35.5. The Bertz CT molecular complexity index is 480. The van der Waals surface area contributed by atoms with Crippen LogP contribution in [0, 0.1) is 0 Å². The van der Waals surface area contributed by atoms with Gasteiger partial charge in [-0.3, -0.25) is 0 Å². The van der Waals surface area contributed by atoms with Crippen molar-refractivity contribution in [3.63, 3.8) is 0 Å². The maximum atomic E-state index is 6.12. The van der Waals surface area contributed by atoms with Crippen LogP contribution in [0.4, 0.5) is 11.4 Å². The Morgan fingerprint density at radius 1 is 0.933 bits per heavy atom. The van der Waals surface area contributed by atoms with Gasteiger partial charge in [0.25, 0.3) is 0 Å². The van der Waals surface area contributed by atoms with E-state index in [-0.39, 0.29) is 0 Å². The Hall–Kier alpha value is -1.67. The van der Waals surface area contributed by atoms with E-state index in [1.165, 1.54) is 0 Å². The molecule has 15 heavy (non-hydrogen) atoms. The smallest absolute Gasteiger partial charge is 0.0715 e. The largest absolute Gasteiger partial charge is 0.399 e. The van der Waals surface area contributed by atoms with Gasteiger partial charge in [0.15, 0.2) is 0 Å². The molecule has 0 amide bonds. The van der Waals surface area contributed by atoms with Gasteiger partial charge >= 0.3 is 0 Å². The van der Waals surface area contributed by atoms with Crippen LogP contribution >= 0.6 is 11.6 Å². The highest BCUT2D eigenvalue weighted by Gasteiger charge is 2.07. The number of rotatable bonds is 1. The van der Waals surface area contributed by atoms with Crippen molar-refractivity contribution in [2.24, 2.45) is 0 Å². The first kappa shape index (κ1) is 9.87. The Kier molecular flexibility index (Phi) is 2.52. The minimum Gasteiger partial charge on any atom is -0.399 e. The van der Waals surface area contributed by atoms with Crippen molar-refractivity contribution in [3.8, 4) is 11.1 Å². The van der Waals surface area contributed by atoms with Crippen molar-refractivity contribution in [1.29, 1.82) is 0 Å². The molecule has 0 unspecified atom stereocenters. The first-order valence-corrected chi connectivity index (χ1v) is 4.96. The lowest BCUT2D eigenvalue weighted by Gasteiger charge is -2.08. The maximum Gasteiger partial charge on any atom is 0.0715 e. The predicted molar refractivity (Wildman–Crippen MR) is 65.7 cm³/mol. The molecule has 2 nitrogen and oxygen atoms in total. The van der Waals surface area contributed by atoms with Gasteiger partial charge in [-0.05, 0) is 17.7 Å². The molecule has 0 heterocycles.